The SMILES string of the molecule is C[O-].C[O-].[Ti+2][c]1ccc[pH]1. The van der Waals surface area contributed by atoms with Gasteiger partial charge in [-0.1, -0.05) is 0 Å². The van der Waals surface area contributed by atoms with Crippen LogP contribution in [0.3, 0.4) is 0 Å². The van der Waals surface area contributed by atoms with E-state index in [0.717, 1.165) is 22.4 Å². The van der Waals surface area contributed by atoms with Crippen LogP contribution in [-0.4, -0.2) is 14.2 Å². The molecule has 0 bridgehead atoms. The Hall–Kier alpha value is 0.414. The van der Waals surface area contributed by atoms with Crippen LogP contribution in [0, 0.1) is 0 Å². The molecule has 0 N–H and O–H groups in total. The van der Waals surface area contributed by atoms with Gasteiger partial charge < -0.3 is 10.2 Å². The monoisotopic (exact) mass is 193 g/mol. The second kappa shape index (κ2) is 12.1. The van der Waals surface area contributed by atoms with E-state index in [9.17, 15) is 0 Å². The van der Waals surface area contributed by atoms with Gasteiger partial charge in [0.05, 0.1) is 0 Å². The Morgan fingerprint density at radius 2 is 1.80 bits per heavy atom. The summed E-state index contributed by atoms with van der Waals surface area (Å²) in [6.45, 7) is 0. The molecule has 0 saturated carbocycles. The minimum absolute atomic E-state index is 0.750. The van der Waals surface area contributed by atoms with Crippen molar-refractivity contribution in [3.05, 3.63) is 17.9 Å². The molecule has 0 aliphatic heterocycles. The predicted molar refractivity (Wildman–Crippen MR) is 37.4 cm³/mol. The van der Waals surface area contributed by atoms with Crippen molar-refractivity contribution in [2.75, 3.05) is 14.2 Å². The molecule has 0 aliphatic carbocycles. The fraction of sp³-hybridized carbons (Fsp3) is 0.333. The van der Waals surface area contributed by atoms with Gasteiger partial charge in [0.2, 0.25) is 0 Å². The van der Waals surface area contributed by atoms with E-state index in [1.165, 1.54) is 3.60 Å². The van der Waals surface area contributed by atoms with E-state index in [1.54, 1.807) is 0 Å². The van der Waals surface area contributed by atoms with E-state index >= 15 is 0 Å². The van der Waals surface area contributed by atoms with Crippen molar-refractivity contribution < 1.29 is 30.6 Å². The Morgan fingerprint density at radius 1 is 1.30 bits per heavy atom. The average molecular weight is 193 g/mol. The van der Waals surface area contributed by atoms with Crippen molar-refractivity contribution in [2.45, 2.75) is 0 Å². The first-order valence-electron chi connectivity index (χ1n) is 2.56. The molecule has 2 nitrogen and oxygen atoms in total. The summed E-state index contributed by atoms with van der Waals surface area (Å²) >= 11 is 2.15. The summed E-state index contributed by atoms with van der Waals surface area (Å²) < 4.78 is 1.50. The van der Waals surface area contributed by atoms with Gasteiger partial charge in [-0.2, -0.15) is 14.2 Å². The second-order valence-electron chi connectivity index (χ2n) is 1.08. The quantitative estimate of drug-likeness (QED) is 0.488. The molecule has 0 aliphatic rings. The van der Waals surface area contributed by atoms with Crippen LogP contribution in [0.2, 0.25) is 0 Å². The van der Waals surface area contributed by atoms with Crippen molar-refractivity contribution in [1.82, 2.24) is 0 Å². The van der Waals surface area contributed by atoms with Crippen LogP contribution in [0.5, 0.6) is 0 Å². The molecule has 1 unspecified atom stereocenters. The molecule has 10 heavy (non-hydrogen) atoms. The minimum atomic E-state index is 0.750. The van der Waals surface area contributed by atoms with Gasteiger partial charge in [-0.05, 0) is 0 Å². The fourth-order valence-corrected chi connectivity index (χ4v) is 1.44. The Bertz CT molecular complexity index is 119. The molecule has 0 fully saturated rings. The number of hydrogen-bond donors (Lipinski definition) is 0. The van der Waals surface area contributed by atoms with Crippen molar-refractivity contribution in [3.63, 3.8) is 0 Å². The van der Waals surface area contributed by atoms with Crippen LogP contribution >= 0.6 is 8.19 Å². The number of rotatable bonds is 0. The summed E-state index contributed by atoms with van der Waals surface area (Å²) in [5.41, 5.74) is 0. The van der Waals surface area contributed by atoms with E-state index in [1.807, 2.05) is 0 Å². The Kier molecular flexibility index (Phi) is 15.8. The van der Waals surface area contributed by atoms with Gasteiger partial charge in [0.25, 0.3) is 0 Å². The van der Waals surface area contributed by atoms with Crippen LogP contribution in [0.15, 0.2) is 17.9 Å². The zero-order valence-electron chi connectivity index (χ0n) is 6.05. The maximum absolute atomic E-state index is 8.25. The van der Waals surface area contributed by atoms with Gasteiger partial charge in [0.1, 0.15) is 0 Å². The normalized spacial score (nSPS) is 7.40. The van der Waals surface area contributed by atoms with Gasteiger partial charge in [-0.15, -0.1) is 0 Å². The molecular weight excluding hydrogens is 183 g/mol. The molecule has 1 aromatic heterocycles. The summed E-state index contributed by atoms with van der Waals surface area (Å²) in [7, 11) is 2.46. The Labute approximate surface area is 74.8 Å². The first-order chi connectivity index (χ1) is 4.89. The molecule has 0 radical (unpaired) electrons. The van der Waals surface area contributed by atoms with Crippen LogP contribution < -0.4 is 13.8 Å². The molecule has 1 atom stereocenters. The average Bonchev–Trinajstić information content (AvgIpc) is 2.48. The fourth-order valence-electron chi connectivity index (χ4n) is 0.330. The second-order valence-corrected chi connectivity index (χ2v) is 3.87. The van der Waals surface area contributed by atoms with E-state index in [4.69, 9.17) is 10.2 Å². The summed E-state index contributed by atoms with van der Waals surface area (Å²) in [6, 6.07) is 4.26. The van der Waals surface area contributed by atoms with Crippen LogP contribution in [-0.2, 0) is 20.4 Å². The van der Waals surface area contributed by atoms with Crippen molar-refractivity contribution in [1.29, 1.82) is 0 Å². The topological polar surface area (TPSA) is 46.1 Å². The third-order valence-corrected chi connectivity index (χ3v) is 2.37. The zero-order valence-corrected chi connectivity index (χ0v) is 8.61. The van der Waals surface area contributed by atoms with Gasteiger partial charge >= 0.3 is 50.2 Å². The Morgan fingerprint density at radius 3 is 1.90 bits per heavy atom. The molecular formula is C6H10O2PTi. The van der Waals surface area contributed by atoms with Crippen LogP contribution in [0.25, 0.3) is 0 Å². The molecule has 4 heteroatoms. The van der Waals surface area contributed by atoms with E-state index in [2.05, 4.69) is 38.4 Å². The first-order valence-corrected chi connectivity index (χ1v) is 4.42. The van der Waals surface area contributed by atoms with E-state index < -0.39 is 0 Å². The van der Waals surface area contributed by atoms with Gasteiger partial charge in [0.15, 0.2) is 0 Å². The van der Waals surface area contributed by atoms with Gasteiger partial charge in [0, 0.05) is 0 Å². The maximum atomic E-state index is 8.25. The summed E-state index contributed by atoms with van der Waals surface area (Å²) in [4.78, 5) is 0. The summed E-state index contributed by atoms with van der Waals surface area (Å²) in [5.74, 6) is 2.19. The standard InChI is InChI=1S/C4H4P.2CH3O.Ti/c1-2-4-5-3-1;2*1-2;/h1-3,5H;2*1H3;/q;2*-1;+2. The Balaban J connectivity index is 0. The van der Waals surface area contributed by atoms with Gasteiger partial charge in [-0.3, -0.25) is 0 Å². The van der Waals surface area contributed by atoms with E-state index in [-0.39, 0.29) is 0 Å². The molecule has 0 aromatic carbocycles. The van der Waals surface area contributed by atoms with Crippen molar-refractivity contribution in [3.8, 4) is 0 Å². The molecule has 0 amide bonds. The third-order valence-electron chi connectivity index (χ3n) is 0.598. The zero-order chi connectivity index (χ0) is 8.41. The summed E-state index contributed by atoms with van der Waals surface area (Å²) in [5, 5.41) is 16.5. The molecule has 1 heterocycles. The van der Waals surface area contributed by atoms with Crippen LogP contribution in [0.1, 0.15) is 0 Å². The molecule has 55 valence electrons. The van der Waals surface area contributed by atoms with Crippen molar-refractivity contribution >= 4 is 11.8 Å². The third kappa shape index (κ3) is 8.41. The predicted octanol–water partition coefficient (Wildman–Crippen LogP) is -1.16. The molecule has 1 rings (SSSR count). The summed E-state index contributed by atoms with van der Waals surface area (Å²) in [6.07, 6.45) is 0. The van der Waals surface area contributed by atoms with Crippen LogP contribution in [0.4, 0.5) is 0 Å². The molecule has 1 aromatic rings. The van der Waals surface area contributed by atoms with E-state index in [0.29, 0.717) is 0 Å². The number of hydrogen-bond acceptors (Lipinski definition) is 2. The van der Waals surface area contributed by atoms with Gasteiger partial charge in [-0.25, -0.2) is 0 Å². The molecule has 0 spiro atoms. The van der Waals surface area contributed by atoms with Crippen molar-refractivity contribution in [2.24, 2.45) is 0 Å². The molecule has 0 saturated heterocycles. The first kappa shape index (κ1) is 13.0.